The summed E-state index contributed by atoms with van der Waals surface area (Å²) in [4.78, 5) is 39.9. The maximum Gasteiger partial charge on any atom is 0.322 e. The monoisotopic (exact) mass is 316 g/mol. The summed E-state index contributed by atoms with van der Waals surface area (Å²) in [5, 5.41) is 7.89. The summed E-state index contributed by atoms with van der Waals surface area (Å²) in [6.45, 7) is 2.35. The summed E-state index contributed by atoms with van der Waals surface area (Å²) in [7, 11) is 0. The molecule has 0 aromatic carbocycles. The number of imide groups is 1. The number of amides is 4. The summed E-state index contributed by atoms with van der Waals surface area (Å²) in [5.74, 6) is -0.648. The van der Waals surface area contributed by atoms with Crippen molar-refractivity contribution < 1.29 is 14.4 Å². The third-order valence-electron chi connectivity index (χ3n) is 4.76. The first-order valence-corrected chi connectivity index (χ1v) is 7.92. The van der Waals surface area contributed by atoms with Gasteiger partial charge in [0.25, 0.3) is 11.8 Å². The van der Waals surface area contributed by atoms with Crippen molar-refractivity contribution in [2.45, 2.75) is 38.1 Å². The number of hydrogen-bond donors (Lipinski definition) is 3. The van der Waals surface area contributed by atoms with Crippen LogP contribution in [0, 0.1) is 5.92 Å². The van der Waals surface area contributed by atoms with E-state index in [1.54, 1.807) is 12.3 Å². The van der Waals surface area contributed by atoms with Gasteiger partial charge in [0, 0.05) is 18.7 Å². The smallest absolute Gasteiger partial charge is 0.322 e. The van der Waals surface area contributed by atoms with Crippen molar-refractivity contribution in [3.8, 4) is 0 Å². The lowest BCUT2D eigenvalue weighted by Crippen LogP contribution is -2.53. The zero-order valence-electron chi connectivity index (χ0n) is 13.0. The second-order valence-electron chi connectivity index (χ2n) is 6.08. The summed E-state index contributed by atoms with van der Waals surface area (Å²) in [5.41, 5.74) is 0.546. The van der Waals surface area contributed by atoms with E-state index in [0.717, 1.165) is 24.8 Å². The van der Waals surface area contributed by atoms with Crippen LogP contribution >= 0.6 is 0 Å². The van der Waals surface area contributed by atoms with Gasteiger partial charge in [-0.05, 0) is 37.0 Å². The fourth-order valence-corrected chi connectivity index (χ4v) is 3.45. The van der Waals surface area contributed by atoms with Gasteiger partial charge in [0.1, 0.15) is 11.2 Å². The highest BCUT2D eigenvalue weighted by molar-refractivity contribution is 6.07. The number of nitrogens with one attached hydrogen (secondary N) is 3. The Balaban J connectivity index is 1.66. The second-order valence-corrected chi connectivity index (χ2v) is 6.08. The average Bonchev–Trinajstić information content (AvgIpc) is 3.08. The number of carbonyl (C=O) groups is 3. The number of carbonyl (C=O) groups excluding carboxylic acids is 3. The third-order valence-corrected chi connectivity index (χ3v) is 4.76. The Labute approximate surface area is 134 Å². The molecule has 1 aromatic rings. The molecule has 3 rings (SSSR count). The van der Waals surface area contributed by atoms with Crippen molar-refractivity contribution in [2.75, 3.05) is 6.54 Å². The van der Waals surface area contributed by atoms with Crippen molar-refractivity contribution in [3.63, 3.8) is 0 Å². The summed E-state index contributed by atoms with van der Waals surface area (Å²) in [6, 6.07) is 3.19. The van der Waals surface area contributed by atoms with E-state index in [-0.39, 0.29) is 17.7 Å². The van der Waals surface area contributed by atoms with Crippen LogP contribution in [0.1, 0.15) is 42.2 Å². The van der Waals surface area contributed by atoms with E-state index in [0.29, 0.717) is 18.7 Å². The molecule has 1 saturated heterocycles. The first-order valence-electron chi connectivity index (χ1n) is 7.92. The predicted octanol–water partition coefficient (Wildman–Crippen LogP) is 0.752. The quantitative estimate of drug-likeness (QED) is 0.714. The molecule has 2 atom stereocenters. The molecule has 122 valence electrons. The predicted molar refractivity (Wildman–Crippen MR) is 82.7 cm³/mol. The van der Waals surface area contributed by atoms with Gasteiger partial charge in [-0.2, -0.15) is 0 Å². The number of aromatic nitrogens is 1. The minimum atomic E-state index is -0.872. The fourth-order valence-electron chi connectivity index (χ4n) is 3.45. The third kappa shape index (κ3) is 2.78. The summed E-state index contributed by atoms with van der Waals surface area (Å²) >= 11 is 0. The molecule has 1 saturated carbocycles. The minimum absolute atomic E-state index is 0.104. The molecule has 1 spiro atoms. The molecule has 7 nitrogen and oxygen atoms in total. The molecular formula is C16H20N4O3. The van der Waals surface area contributed by atoms with Gasteiger partial charge in [-0.25, -0.2) is 4.79 Å². The van der Waals surface area contributed by atoms with E-state index in [9.17, 15) is 14.4 Å². The van der Waals surface area contributed by atoms with Crippen LogP contribution in [0.2, 0.25) is 0 Å². The first kappa shape index (κ1) is 15.5. The van der Waals surface area contributed by atoms with E-state index in [4.69, 9.17) is 0 Å². The molecule has 1 aromatic heterocycles. The van der Waals surface area contributed by atoms with Crippen LogP contribution in [0.3, 0.4) is 0 Å². The molecule has 0 radical (unpaired) electrons. The molecule has 2 fully saturated rings. The Morgan fingerprint density at radius 3 is 3.00 bits per heavy atom. The standard InChI is InChI=1S/C16H20N4O3/c1-2-10-5-7-17-12(8-10)13(21)18-9-11-4-3-6-16(11)14(22)19-15(23)20-16/h5,7-8,11H,2-4,6,9H2,1H3,(H,18,21)(H2,19,20,22,23)/t11-,16-/m0/s1. The van der Waals surface area contributed by atoms with Crippen molar-refractivity contribution in [1.29, 1.82) is 0 Å². The lowest BCUT2D eigenvalue weighted by atomic mass is 9.87. The molecule has 7 heteroatoms. The van der Waals surface area contributed by atoms with Gasteiger partial charge in [-0.15, -0.1) is 0 Å². The highest BCUT2D eigenvalue weighted by atomic mass is 16.2. The molecule has 0 unspecified atom stereocenters. The van der Waals surface area contributed by atoms with Crippen LogP contribution in [0.15, 0.2) is 18.3 Å². The molecule has 1 aliphatic heterocycles. The number of urea groups is 1. The van der Waals surface area contributed by atoms with Gasteiger partial charge in [-0.1, -0.05) is 13.3 Å². The molecular weight excluding hydrogens is 296 g/mol. The van der Waals surface area contributed by atoms with Crippen LogP contribution in [0.25, 0.3) is 0 Å². The minimum Gasteiger partial charge on any atom is -0.350 e. The molecule has 2 heterocycles. The van der Waals surface area contributed by atoms with Gasteiger partial charge >= 0.3 is 6.03 Å². The Hall–Kier alpha value is -2.44. The maximum atomic E-state index is 12.3. The average molecular weight is 316 g/mol. The van der Waals surface area contributed by atoms with Crippen molar-refractivity contribution in [2.24, 2.45) is 5.92 Å². The number of pyridine rings is 1. The van der Waals surface area contributed by atoms with Crippen LogP contribution < -0.4 is 16.0 Å². The van der Waals surface area contributed by atoms with Gasteiger partial charge in [-0.3, -0.25) is 19.9 Å². The highest BCUT2D eigenvalue weighted by Crippen LogP contribution is 2.37. The fraction of sp³-hybridized carbons (Fsp3) is 0.500. The SMILES string of the molecule is CCc1ccnc(C(=O)NC[C@@H]2CCC[C@]23NC(=O)NC3=O)c1. The number of nitrogens with zero attached hydrogens (tertiary/aromatic N) is 1. The lowest BCUT2D eigenvalue weighted by molar-refractivity contribution is -0.125. The van der Waals surface area contributed by atoms with Crippen molar-refractivity contribution >= 4 is 17.8 Å². The van der Waals surface area contributed by atoms with E-state index in [1.807, 2.05) is 13.0 Å². The summed E-state index contributed by atoms with van der Waals surface area (Å²) in [6.07, 6.45) is 4.69. The largest absolute Gasteiger partial charge is 0.350 e. The van der Waals surface area contributed by atoms with Gasteiger partial charge in [0.05, 0.1) is 0 Å². The molecule has 3 N–H and O–H groups in total. The van der Waals surface area contributed by atoms with E-state index >= 15 is 0 Å². The van der Waals surface area contributed by atoms with Crippen molar-refractivity contribution in [1.82, 2.24) is 20.9 Å². The molecule has 2 aliphatic rings. The first-order chi connectivity index (χ1) is 11.0. The zero-order chi connectivity index (χ0) is 16.4. The number of aryl methyl sites for hydroxylation is 1. The van der Waals surface area contributed by atoms with Crippen LogP contribution in [0.4, 0.5) is 4.79 Å². The zero-order valence-corrected chi connectivity index (χ0v) is 13.0. The van der Waals surface area contributed by atoms with E-state index in [2.05, 4.69) is 20.9 Å². The highest BCUT2D eigenvalue weighted by Gasteiger charge is 2.54. The molecule has 23 heavy (non-hydrogen) atoms. The van der Waals surface area contributed by atoms with E-state index < -0.39 is 11.6 Å². The van der Waals surface area contributed by atoms with Crippen LogP contribution in [-0.4, -0.2) is 34.9 Å². The lowest BCUT2D eigenvalue weighted by Gasteiger charge is -2.28. The number of rotatable bonds is 4. The van der Waals surface area contributed by atoms with Gasteiger partial charge < -0.3 is 10.6 Å². The van der Waals surface area contributed by atoms with Crippen LogP contribution in [0.5, 0.6) is 0 Å². The Morgan fingerprint density at radius 1 is 1.48 bits per heavy atom. The Kier molecular flexibility index (Phi) is 4.02. The Bertz CT molecular complexity index is 660. The van der Waals surface area contributed by atoms with Crippen molar-refractivity contribution in [3.05, 3.63) is 29.6 Å². The topological polar surface area (TPSA) is 100 Å². The maximum absolute atomic E-state index is 12.3. The molecule has 1 aliphatic carbocycles. The molecule has 0 bridgehead atoms. The Morgan fingerprint density at radius 2 is 2.30 bits per heavy atom. The number of hydrogen-bond acceptors (Lipinski definition) is 4. The second kappa shape index (κ2) is 5.98. The summed E-state index contributed by atoms with van der Waals surface area (Å²) < 4.78 is 0. The normalized spacial score (nSPS) is 26.2. The van der Waals surface area contributed by atoms with Crippen LogP contribution in [-0.2, 0) is 11.2 Å². The van der Waals surface area contributed by atoms with Gasteiger partial charge in [0.15, 0.2) is 0 Å². The van der Waals surface area contributed by atoms with Gasteiger partial charge in [0.2, 0.25) is 0 Å². The van der Waals surface area contributed by atoms with E-state index in [1.165, 1.54) is 0 Å². The molecule has 4 amide bonds.